The van der Waals surface area contributed by atoms with E-state index in [1.807, 2.05) is 30.3 Å². The van der Waals surface area contributed by atoms with Crippen molar-refractivity contribution in [3.63, 3.8) is 0 Å². The Kier molecular flexibility index (Phi) is 3.21. The van der Waals surface area contributed by atoms with Crippen LogP contribution in [0, 0.1) is 0 Å². The summed E-state index contributed by atoms with van der Waals surface area (Å²) in [6.45, 7) is 0.199. The second-order valence-electron chi connectivity index (χ2n) is 5.10. The van der Waals surface area contributed by atoms with Gasteiger partial charge in [-0.15, -0.1) is 12.6 Å². The molecule has 0 fully saturated rings. The van der Waals surface area contributed by atoms with Crippen LogP contribution in [0.15, 0.2) is 46.5 Å². The summed E-state index contributed by atoms with van der Waals surface area (Å²) in [4.78, 5) is 24.4. The molecular formula is C15H13N5O2S. The number of benzene rings is 1. The Balaban J connectivity index is 2.01. The maximum absolute atomic E-state index is 12.6. The minimum absolute atomic E-state index is 0.0833. The first-order chi connectivity index (χ1) is 11.2. The predicted octanol–water partition coefficient (Wildman–Crippen LogP) is 1.32. The minimum atomic E-state index is -0.268. The summed E-state index contributed by atoms with van der Waals surface area (Å²) in [6, 6.07) is 9.69. The monoisotopic (exact) mass is 327 g/mol. The number of aliphatic hydroxyl groups excluding tert-OH is 1. The number of hydrogen-bond acceptors (Lipinski definition) is 5. The molecule has 4 rings (SSSR count). The number of nitrogens with one attached hydrogen (secondary N) is 1. The maximum atomic E-state index is 12.6. The van der Waals surface area contributed by atoms with E-state index in [1.54, 1.807) is 10.8 Å². The summed E-state index contributed by atoms with van der Waals surface area (Å²) < 4.78 is 3.05. The molecule has 3 heterocycles. The Morgan fingerprint density at radius 1 is 1.22 bits per heavy atom. The average Bonchev–Trinajstić information content (AvgIpc) is 3.12. The lowest BCUT2D eigenvalue weighted by atomic mass is 10.2. The molecule has 0 aliphatic heterocycles. The molecule has 23 heavy (non-hydrogen) atoms. The Bertz CT molecular complexity index is 1060. The molecule has 116 valence electrons. The van der Waals surface area contributed by atoms with Gasteiger partial charge in [0, 0.05) is 12.7 Å². The van der Waals surface area contributed by atoms with Gasteiger partial charge in [0.2, 0.25) is 5.78 Å². The normalized spacial score (nSPS) is 11.6. The summed E-state index contributed by atoms with van der Waals surface area (Å²) in [5, 5.41) is 9.51. The molecule has 0 amide bonds. The number of aromatic nitrogens is 5. The van der Waals surface area contributed by atoms with Crippen molar-refractivity contribution in [2.24, 2.45) is 0 Å². The highest BCUT2D eigenvalue weighted by atomic mass is 32.1. The number of nitrogens with zero attached hydrogens (tertiary/aromatic N) is 4. The van der Waals surface area contributed by atoms with Crippen LogP contribution in [-0.4, -0.2) is 35.6 Å². The number of imidazole rings is 2. The van der Waals surface area contributed by atoms with Crippen molar-refractivity contribution in [3.05, 3.63) is 46.9 Å². The van der Waals surface area contributed by atoms with E-state index in [1.165, 1.54) is 4.40 Å². The van der Waals surface area contributed by atoms with Gasteiger partial charge >= 0.3 is 0 Å². The molecule has 0 bridgehead atoms. The second kappa shape index (κ2) is 5.25. The molecule has 7 nitrogen and oxygen atoms in total. The van der Waals surface area contributed by atoms with Gasteiger partial charge in [-0.25, -0.2) is 9.38 Å². The molecule has 0 saturated heterocycles. The number of aliphatic hydroxyl groups is 1. The van der Waals surface area contributed by atoms with Gasteiger partial charge in [0.25, 0.3) is 5.56 Å². The maximum Gasteiger partial charge on any atom is 0.287 e. The van der Waals surface area contributed by atoms with Crippen LogP contribution in [-0.2, 0) is 6.54 Å². The Morgan fingerprint density at radius 2 is 2.00 bits per heavy atom. The zero-order chi connectivity index (χ0) is 16.0. The van der Waals surface area contributed by atoms with E-state index in [-0.39, 0.29) is 24.2 Å². The van der Waals surface area contributed by atoms with Crippen molar-refractivity contribution >= 4 is 29.6 Å². The van der Waals surface area contributed by atoms with Crippen molar-refractivity contribution in [3.8, 4) is 11.3 Å². The molecule has 0 unspecified atom stereocenters. The van der Waals surface area contributed by atoms with E-state index >= 15 is 0 Å². The molecule has 3 aromatic heterocycles. The number of hydrogen-bond donors (Lipinski definition) is 3. The first-order valence-electron chi connectivity index (χ1n) is 7.06. The van der Waals surface area contributed by atoms with Gasteiger partial charge in [-0.05, 0) is 5.56 Å². The summed E-state index contributed by atoms with van der Waals surface area (Å²) in [6.07, 6.45) is 1.71. The molecule has 8 heteroatoms. The number of thiol groups is 1. The third-order valence-electron chi connectivity index (χ3n) is 3.70. The summed E-state index contributed by atoms with van der Waals surface area (Å²) in [5.41, 5.74) is 2.14. The standard InChI is InChI=1S/C15H13N5O2S/c21-7-6-19-12-11(17-15(19)23)13(22)20-8-10(16-14(20)18-12)9-4-2-1-3-5-9/h1-5,8,21H,6-7H2,(H,16,18)(H,17,23). The molecule has 0 spiro atoms. The highest BCUT2D eigenvalue weighted by molar-refractivity contribution is 7.80. The fourth-order valence-electron chi connectivity index (χ4n) is 2.61. The van der Waals surface area contributed by atoms with Crippen LogP contribution >= 0.6 is 12.6 Å². The highest BCUT2D eigenvalue weighted by Gasteiger charge is 2.16. The molecule has 1 aromatic carbocycles. The van der Waals surface area contributed by atoms with Crippen molar-refractivity contribution in [2.45, 2.75) is 11.7 Å². The van der Waals surface area contributed by atoms with Crippen molar-refractivity contribution < 1.29 is 5.11 Å². The molecule has 0 aliphatic carbocycles. The first kappa shape index (κ1) is 14.0. The lowest BCUT2D eigenvalue weighted by Crippen LogP contribution is -2.14. The quantitative estimate of drug-likeness (QED) is 0.495. The zero-order valence-electron chi connectivity index (χ0n) is 12.0. The smallest absolute Gasteiger partial charge is 0.287 e. The van der Waals surface area contributed by atoms with Crippen molar-refractivity contribution in [1.82, 2.24) is 23.9 Å². The SMILES string of the molecule is O=c1c2nc(S)n(CCO)c2nc2[nH]c(-c3ccccc3)cn12. The van der Waals surface area contributed by atoms with Gasteiger partial charge in [-0.1, -0.05) is 30.3 Å². The van der Waals surface area contributed by atoms with E-state index in [9.17, 15) is 4.79 Å². The van der Waals surface area contributed by atoms with Crippen LogP contribution in [0.4, 0.5) is 0 Å². The van der Waals surface area contributed by atoms with Crippen molar-refractivity contribution in [1.29, 1.82) is 0 Å². The van der Waals surface area contributed by atoms with E-state index in [0.29, 0.717) is 16.6 Å². The summed E-state index contributed by atoms with van der Waals surface area (Å²) in [5.74, 6) is 0.425. The summed E-state index contributed by atoms with van der Waals surface area (Å²) in [7, 11) is 0. The van der Waals surface area contributed by atoms with Gasteiger partial charge in [0.1, 0.15) is 0 Å². The molecule has 0 atom stereocenters. The Hall–Kier alpha value is -2.58. The Labute approximate surface area is 135 Å². The zero-order valence-corrected chi connectivity index (χ0v) is 12.9. The van der Waals surface area contributed by atoms with Crippen LogP contribution in [0.1, 0.15) is 0 Å². The third-order valence-corrected chi connectivity index (χ3v) is 4.04. The third kappa shape index (κ3) is 2.14. The van der Waals surface area contributed by atoms with Gasteiger partial charge in [-0.3, -0.25) is 4.79 Å². The molecule has 0 saturated carbocycles. The van der Waals surface area contributed by atoms with Crippen LogP contribution in [0.25, 0.3) is 28.2 Å². The lowest BCUT2D eigenvalue weighted by Gasteiger charge is -2.01. The fraction of sp³-hybridized carbons (Fsp3) is 0.133. The molecule has 4 aromatic rings. The molecule has 0 radical (unpaired) electrons. The largest absolute Gasteiger partial charge is 0.395 e. The minimum Gasteiger partial charge on any atom is -0.395 e. The molecule has 2 N–H and O–H groups in total. The molecular weight excluding hydrogens is 314 g/mol. The number of rotatable bonds is 3. The van der Waals surface area contributed by atoms with Crippen LogP contribution in [0.5, 0.6) is 0 Å². The Morgan fingerprint density at radius 3 is 2.74 bits per heavy atom. The van der Waals surface area contributed by atoms with Gasteiger partial charge < -0.3 is 14.7 Å². The van der Waals surface area contributed by atoms with E-state index in [4.69, 9.17) is 5.11 Å². The first-order valence-corrected chi connectivity index (χ1v) is 7.50. The van der Waals surface area contributed by atoms with Gasteiger partial charge in [0.05, 0.1) is 12.3 Å². The number of fused-ring (bicyclic) bond motifs is 2. The van der Waals surface area contributed by atoms with E-state index < -0.39 is 0 Å². The average molecular weight is 327 g/mol. The lowest BCUT2D eigenvalue weighted by molar-refractivity contribution is 0.273. The number of aromatic amines is 1. The topological polar surface area (TPSA) is 88.2 Å². The predicted molar refractivity (Wildman–Crippen MR) is 88.9 cm³/mol. The fourth-order valence-corrected chi connectivity index (χ4v) is 2.91. The van der Waals surface area contributed by atoms with Crippen LogP contribution < -0.4 is 5.56 Å². The van der Waals surface area contributed by atoms with E-state index in [0.717, 1.165) is 11.3 Å². The van der Waals surface area contributed by atoms with Gasteiger partial charge in [-0.2, -0.15) is 4.98 Å². The molecule has 0 aliphatic rings. The van der Waals surface area contributed by atoms with E-state index in [2.05, 4.69) is 27.6 Å². The second-order valence-corrected chi connectivity index (χ2v) is 5.50. The summed E-state index contributed by atoms with van der Waals surface area (Å²) >= 11 is 4.25. The van der Waals surface area contributed by atoms with Crippen molar-refractivity contribution in [2.75, 3.05) is 6.61 Å². The van der Waals surface area contributed by atoms with Gasteiger partial charge in [0.15, 0.2) is 16.3 Å². The van der Waals surface area contributed by atoms with Crippen LogP contribution in [0.3, 0.4) is 0 Å². The number of H-pyrrole nitrogens is 1. The van der Waals surface area contributed by atoms with Crippen LogP contribution in [0.2, 0.25) is 0 Å². The highest BCUT2D eigenvalue weighted by Crippen LogP contribution is 2.19.